The molecule has 0 bridgehead atoms. The van der Waals surface area contributed by atoms with E-state index in [0.717, 1.165) is 0 Å². The van der Waals surface area contributed by atoms with Gasteiger partial charge in [-0.15, -0.1) is 0 Å². The van der Waals surface area contributed by atoms with Gasteiger partial charge in [0.15, 0.2) is 0 Å². The number of benzene rings is 3. The standard InChI is InChI=1S/C39H60Si3/c1-34(2,3)40(10,11)37(31-25-19-16-20-26-31)38(32-27-21-17-22-28-32,41(12,13)35(4,5)6)39(37,33-29-23-18-24-30-33)42(14,15)36(7,8)9/h16-30H,1-15H3. The molecule has 0 amide bonds. The van der Waals surface area contributed by atoms with Gasteiger partial charge in [-0.3, -0.25) is 0 Å². The molecule has 0 radical (unpaired) electrons. The van der Waals surface area contributed by atoms with Crippen molar-refractivity contribution in [2.45, 2.75) is 132 Å². The summed E-state index contributed by atoms with van der Waals surface area (Å²) in [5.74, 6) is 0. The molecular formula is C39H60Si3. The summed E-state index contributed by atoms with van der Waals surface area (Å²) in [7, 11) is -6.62. The molecule has 4 rings (SSSR count). The highest BCUT2D eigenvalue weighted by atomic mass is 28.3. The van der Waals surface area contributed by atoms with Crippen LogP contribution in [-0.2, 0) is 15.1 Å². The molecule has 0 unspecified atom stereocenters. The van der Waals surface area contributed by atoms with Crippen LogP contribution in [0.15, 0.2) is 91.0 Å². The fraction of sp³-hybridized carbons (Fsp3) is 0.538. The molecule has 0 saturated heterocycles. The van der Waals surface area contributed by atoms with Gasteiger partial charge < -0.3 is 0 Å². The van der Waals surface area contributed by atoms with Crippen LogP contribution < -0.4 is 0 Å². The predicted octanol–water partition coefficient (Wildman–Crippen LogP) is 12.0. The van der Waals surface area contributed by atoms with E-state index in [4.69, 9.17) is 0 Å². The lowest BCUT2D eigenvalue weighted by Gasteiger charge is -2.53. The summed E-state index contributed by atoms with van der Waals surface area (Å²) in [6.45, 7) is 39.9. The first-order valence-corrected chi connectivity index (χ1v) is 25.2. The van der Waals surface area contributed by atoms with Crippen molar-refractivity contribution in [3.8, 4) is 0 Å². The minimum absolute atomic E-state index is 0.00121. The van der Waals surface area contributed by atoms with Gasteiger partial charge >= 0.3 is 0 Å². The molecular weight excluding hydrogens is 553 g/mol. The zero-order chi connectivity index (χ0) is 31.8. The molecule has 1 saturated carbocycles. The third kappa shape index (κ3) is 3.75. The Morgan fingerprint density at radius 3 is 0.643 bits per heavy atom. The average Bonchev–Trinajstić information content (AvgIpc) is 3.52. The largest absolute Gasteiger partial charge is 0.0682 e. The molecule has 42 heavy (non-hydrogen) atoms. The van der Waals surface area contributed by atoms with Crippen LogP contribution >= 0.6 is 0 Å². The lowest BCUT2D eigenvalue weighted by Crippen LogP contribution is -2.61. The monoisotopic (exact) mass is 612 g/mol. The van der Waals surface area contributed by atoms with E-state index in [-0.39, 0.29) is 30.2 Å². The van der Waals surface area contributed by atoms with Crippen LogP contribution in [0.25, 0.3) is 0 Å². The third-order valence-electron chi connectivity index (χ3n) is 13.7. The van der Waals surface area contributed by atoms with E-state index >= 15 is 0 Å². The summed E-state index contributed by atoms with van der Waals surface area (Å²) in [5, 5.41) is 0.558. The highest BCUT2D eigenvalue weighted by molar-refractivity contribution is 6.99. The van der Waals surface area contributed by atoms with Crippen molar-refractivity contribution in [2.75, 3.05) is 0 Å². The Morgan fingerprint density at radius 2 is 0.500 bits per heavy atom. The lowest BCUT2D eigenvalue weighted by atomic mass is 10.0. The second-order valence-corrected chi connectivity index (χ2v) is 34.5. The number of hydrogen-bond acceptors (Lipinski definition) is 0. The van der Waals surface area contributed by atoms with E-state index in [9.17, 15) is 0 Å². The van der Waals surface area contributed by atoms with Gasteiger partial charge in [0.1, 0.15) is 0 Å². The van der Waals surface area contributed by atoms with Crippen molar-refractivity contribution in [1.82, 2.24) is 0 Å². The van der Waals surface area contributed by atoms with Crippen LogP contribution in [0.2, 0.25) is 54.4 Å². The first-order chi connectivity index (χ1) is 19.1. The van der Waals surface area contributed by atoms with E-state index in [1.54, 1.807) is 16.7 Å². The molecule has 1 aliphatic carbocycles. The fourth-order valence-electron chi connectivity index (χ4n) is 9.51. The van der Waals surface area contributed by atoms with Crippen LogP contribution in [0.3, 0.4) is 0 Å². The van der Waals surface area contributed by atoms with Gasteiger partial charge in [-0.1, -0.05) is 193 Å². The first-order valence-electron chi connectivity index (χ1n) is 16.2. The minimum atomic E-state index is -2.21. The van der Waals surface area contributed by atoms with Gasteiger partial charge in [0.2, 0.25) is 0 Å². The predicted molar refractivity (Wildman–Crippen MR) is 196 cm³/mol. The Labute approximate surface area is 262 Å². The van der Waals surface area contributed by atoms with Gasteiger partial charge in [0.05, 0.1) is 24.2 Å². The van der Waals surface area contributed by atoms with E-state index < -0.39 is 24.2 Å². The van der Waals surface area contributed by atoms with Gasteiger partial charge in [-0.05, 0) is 31.8 Å². The Bertz CT molecular complexity index is 1200. The molecule has 3 aromatic rings. The van der Waals surface area contributed by atoms with E-state index in [2.05, 4.69) is 193 Å². The number of rotatable bonds is 6. The van der Waals surface area contributed by atoms with Crippen molar-refractivity contribution >= 4 is 24.2 Å². The Balaban J connectivity index is 2.53. The molecule has 3 heteroatoms. The molecule has 0 aromatic heterocycles. The van der Waals surface area contributed by atoms with E-state index in [1.807, 2.05) is 0 Å². The van der Waals surface area contributed by atoms with Crippen molar-refractivity contribution in [3.63, 3.8) is 0 Å². The summed E-state index contributed by atoms with van der Waals surface area (Å²) in [5.41, 5.74) is 4.79. The Morgan fingerprint density at radius 1 is 0.333 bits per heavy atom. The lowest BCUT2D eigenvalue weighted by molar-refractivity contribution is 0.635. The summed E-state index contributed by atoms with van der Waals surface area (Å²) < 4.78 is 0. The SMILES string of the molecule is CC(C)(C)[Si](C)(C)C1(c2ccccc2)C(c2ccccc2)([Si](C)(C)C(C)(C)C)C1(c1ccccc1)[Si](C)(C)C(C)(C)C. The Kier molecular flexibility index (Phi) is 7.83. The zero-order valence-electron chi connectivity index (χ0n) is 29.7. The maximum atomic E-state index is 2.78. The fourth-order valence-corrected chi connectivity index (χ4v) is 29.0. The van der Waals surface area contributed by atoms with Gasteiger partial charge in [-0.2, -0.15) is 0 Å². The second kappa shape index (κ2) is 9.91. The smallest absolute Gasteiger partial charge is 0.0656 e. The van der Waals surface area contributed by atoms with Crippen LogP contribution in [0.1, 0.15) is 79.0 Å². The molecule has 1 fully saturated rings. The molecule has 0 nitrogen and oxygen atoms in total. The van der Waals surface area contributed by atoms with Crippen molar-refractivity contribution < 1.29 is 0 Å². The average molecular weight is 613 g/mol. The van der Waals surface area contributed by atoms with Gasteiger partial charge in [0, 0.05) is 15.1 Å². The highest BCUT2D eigenvalue weighted by Crippen LogP contribution is 2.90. The normalized spacial score (nSPS) is 25.8. The summed E-state index contributed by atoms with van der Waals surface area (Å²) in [4.78, 5) is 0. The topological polar surface area (TPSA) is 0 Å². The maximum absolute atomic E-state index is 2.78. The quantitative estimate of drug-likeness (QED) is 0.243. The molecule has 0 heterocycles. The summed E-state index contributed by atoms with van der Waals surface area (Å²) >= 11 is 0. The summed E-state index contributed by atoms with van der Waals surface area (Å²) in [6, 6.07) is 36.0. The molecule has 0 atom stereocenters. The maximum Gasteiger partial charge on any atom is 0.0656 e. The van der Waals surface area contributed by atoms with Crippen LogP contribution in [0.4, 0.5) is 0 Å². The molecule has 0 spiro atoms. The molecule has 3 aromatic carbocycles. The second-order valence-electron chi connectivity index (χ2n) is 18.0. The van der Waals surface area contributed by atoms with E-state index in [1.165, 1.54) is 0 Å². The first kappa shape index (κ1) is 33.2. The third-order valence-corrected chi connectivity index (χ3v) is 34.4. The minimum Gasteiger partial charge on any atom is -0.0682 e. The highest BCUT2D eigenvalue weighted by Gasteiger charge is 2.99. The molecule has 0 N–H and O–H groups in total. The van der Waals surface area contributed by atoms with Crippen LogP contribution in [0, 0.1) is 0 Å². The Hall–Kier alpha value is -1.69. The number of hydrogen-bond donors (Lipinski definition) is 0. The molecule has 0 aliphatic heterocycles. The van der Waals surface area contributed by atoms with Crippen molar-refractivity contribution in [3.05, 3.63) is 108 Å². The summed E-state index contributed by atoms with van der Waals surface area (Å²) in [6.07, 6.45) is 0. The zero-order valence-corrected chi connectivity index (χ0v) is 32.7. The molecule has 1 aliphatic rings. The molecule has 228 valence electrons. The van der Waals surface area contributed by atoms with Crippen molar-refractivity contribution in [2.24, 2.45) is 0 Å². The van der Waals surface area contributed by atoms with Gasteiger partial charge in [0.25, 0.3) is 0 Å². The van der Waals surface area contributed by atoms with Crippen LogP contribution in [-0.4, -0.2) is 24.2 Å². The van der Waals surface area contributed by atoms with Crippen LogP contribution in [0.5, 0.6) is 0 Å². The van der Waals surface area contributed by atoms with E-state index in [0.29, 0.717) is 0 Å². The van der Waals surface area contributed by atoms with Gasteiger partial charge in [-0.25, -0.2) is 0 Å². The van der Waals surface area contributed by atoms with Crippen molar-refractivity contribution in [1.29, 1.82) is 0 Å².